The van der Waals surface area contributed by atoms with Crippen LogP contribution in [0.1, 0.15) is 29.6 Å². The number of aryl methyl sites for hydroxylation is 1. The van der Waals surface area contributed by atoms with Crippen molar-refractivity contribution in [2.24, 2.45) is 0 Å². The van der Waals surface area contributed by atoms with Crippen LogP contribution in [-0.2, 0) is 0 Å². The number of oxazole rings is 1. The van der Waals surface area contributed by atoms with Gasteiger partial charge < -0.3 is 9.32 Å². The number of halogens is 1. The summed E-state index contributed by atoms with van der Waals surface area (Å²) in [6.07, 6.45) is 2.08. The fraction of sp³-hybridized carbons (Fsp3) is 0.600. The molecule has 0 saturated heterocycles. The molecule has 0 aromatic carbocycles. The molecule has 0 atom stereocenters. The van der Waals surface area contributed by atoms with Crippen molar-refractivity contribution in [2.45, 2.75) is 20.3 Å². The number of alkyl halides is 1. The van der Waals surface area contributed by atoms with Crippen LogP contribution in [0.3, 0.4) is 0 Å². The lowest BCUT2D eigenvalue weighted by atomic mass is 10.3. The molecule has 0 aliphatic rings. The molecule has 0 aliphatic carbocycles. The Hall–Kier alpha value is -1.03. The second kappa shape index (κ2) is 5.75. The van der Waals surface area contributed by atoms with Gasteiger partial charge in [-0.2, -0.15) is 0 Å². The van der Waals surface area contributed by atoms with Crippen LogP contribution in [0.15, 0.2) is 10.8 Å². The summed E-state index contributed by atoms with van der Waals surface area (Å²) in [4.78, 5) is 17.5. The van der Waals surface area contributed by atoms with Crippen LogP contribution >= 0.6 is 11.6 Å². The molecule has 0 unspecified atom stereocenters. The lowest BCUT2D eigenvalue weighted by molar-refractivity contribution is 0.0732. The Kier molecular flexibility index (Phi) is 4.62. The Morgan fingerprint density at radius 1 is 1.67 bits per heavy atom. The van der Waals surface area contributed by atoms with Gasteiger partial charge in [-0.15, -0.1) is 11.6 Å². The zero-order valence-electron chi connectivity index (χ0n) is 8.99. The molecule has 0 fully saturated rings. The van der Waals surface area contributed by atoms with Crippen molar-refractivity contribution in [1.29, 1.82) is 0 Å². The first kappa shape index (κ1) is 12.0. The molecule has 0 saturated carbocycles. The minimum absolute atomic E-state index is 0.113. The van der Waals surface area contributed by atoms with E-state index in [1.807, 2.05) is 6.92 Å². The van der Waals surface area contributed by atoms with E-state index >= 15 is 0 Å². The largest absolute Gasteiger partial charge is 0.438 e. The van der Waals surface area contributed by atoms with E-state index in [4.69, 9.17) is 16.0 Å². The summed E-state index contributed by atoms with van der Waals surface area (Å²) in [6.45, 7) is 4.98. The van der Waals surface area contributed by atoms with E-state index in [0.29, 0.717) is 30.4 Å². The zero-order valence-corrected chi connectivity index (χ0v) is 9.75. The molecule has 5 heteroatoms. The predicted octanol–water partition coefficient (Wildman–Crippen LogP) is 2.07. The molecule has 1 rings (SSSR count). The minimum Gasteiger partial charge on any atom is -0.438 e. The summed E-state index contributed by atoms with van der Waals surface area (Å²) in [5.74, 6) is 0.767. The summed E-state index contributed by atoms with van der Waals surface area (Å²) in [7, 11) is 0. The number of amides is 1. The van der Waals surface area contributed by atoms with Gasteiger partial charge in [-0.1, -0.05) is 0 Å². The van der Waals surface area contributed by atoms with E-state index < -0.39 is 0 Å². The number of carbonyl (C=O) groups is 1. The number of hydrogen-bond acceptors (Lipinski definition) is 3. The quantitative estimate of drug-likeness (QED) is 0.728. The SMILES string of the molecule is CCN(CCCCl)C(=O)c1ocnc1C. The van der Waals surface area contributed by atoms with E-state index in [1.165, 1.54) is 6.39 Å². The summed E-state index contributed by atoms with van der Waals surface area (Å²) in [5.41, 5.74) is 0.629. The number of nitrogens with zero attached hydrogens (tertiary/aromatic N) is 2. The molecule has 1 aromatic rings. The van der Waals surface area contributed by atoms with E-state index in [2.05, 4.69) is 4.98 Å². The Morgan fingerprint density at radius 3 is 2.87 bits per heavy atom. The number of rotatable bonds is 5. The van der Waals surface area contributed by atoms with Gasteiger partial charge in [0.1, 0.15) is 0 Å². The third-order valence-corrected chi connectivity index (χ3v) is 2.44. The predicted molar refractivity (Wildman–Crippen MR) is 58.2 cm³/mol. The lowest BCUT2D eigenvalue weighted by Crippen LogP contribution is -2.32. The maximum atomic E-state index is 11.9. The normalized spacial score (nSPS) is 10.3. The smallest absolute Gasteiger partial charge is 0.291 e. The van der Waals surface area contributed by atoms with Gasteiger partial charge in [-0.25, -0.2) is 4.98 Å². The molecule has 15 heavy (non-hydrogen) atoms. The highest BCUT2D eigenvalue weighted by Gasteiger charge is 2.19. The molecule has 0 spiro atoms. The molecule has 1 heterocycles. The van der Waals surface area contributed by atoms with Gasteiger partial charge >= 0.3 is 0 Å². The van der Waals surface area contributed by atoms with Crippen molar-refractivity contribution < 1.29 is 9.21 Å². The number of hydrogen-bond donors (Lipinski definition) is 0. The zero-order chi connectivity index (χ0) is 11.3. The van der Waals surface area contributed by atoms with Crippen molar-refractivity contribution in [3.05, 3.63) is 17.8 Å². The van der Waals surface area contributed by atoms with Gasteiger partial charge in [0.15, 0.2) is 6.39 Å². The van der Waals surface area contributed by atoms with Crippen LogP contribution in [0.5, 0.6) is 0 Å². The van der Waals surface area contributed by atoms with Gasteiger partial charge in [0.05, 0.1) is 5.69 Å². The molecular formula is C10H15ClN2O2. The summed E-state index contributed by atoms with van der Waals surface area (Å²) in [5, 5.41) is 0. The fourth-order valence-corrected chi connectivity index (χ4v) is 1.42. The Labute approximate surface area is 94.2 Å². The summed E-state index contributed by atoms with van der Waals surface area (Å²) < 4.78 is 5.05. The van der Waals surface area contributed by atoms with Gasteiger partial charge in [0, 0.05) is 19.0 Å². The molecular weight excluding hydrogens is 216 g/mol. The average molecular weight is 231 g/mol. The summed E-state index contributed by atoms with van der Waals surface area (Å²) in [6, 6.07) is 0. The third-order valence-electron chi connectivity index (χ3n) is 2.17. The van der Waals surface area contributed by atoms with Crippen LogP contribution < -0.4 is 0 Å². The molecule has 1 amide bonds. The molecule has 0 radical (unpaired) electrons. The highest BCUT2D eigenvalue weighted by Crippen LogP contribution is 2.09. The maximum Gasteiger partial charge on any atom is 0.291 e. The fourth-order valence-electron chi connectivity index (χ4n) is 1.30. The van der Waals surface area contributed by atoms with Gasteiger partial charge in [0.25, 0.3) is 5.91 Å². The van der Waals surface area contributed by atoms with Crippen molar-refractivity contribution in [2.75, 3.05) is 19.0 Å². The highest BCUT2D eigenvalue weighted by atomic mass is 35.5. The van der Waals surface area contributed by atoms with Crippen LogP contribution in [-0.4, -0.2) is 34.8 Å². The van der Waals surface area contributed by atoms with Crippen molar-refractivity contribution in [3.8, 4) is 0 Å². The van der Waals surface area contributed by atoms with Crippen LogP contribution in [0.4, 0.5) is 0 Å². The topological polar surface area (TPSA) is 46.3 Å². The van der Waals surface area contributed by atoms with E-state index in [9.17, 15) is 4.79 Å². The minimum atomic E-state index is -0.113. The van der Waals surface area contributed by atoms with E-state index in [-0.39, 0.29) is 5.91 Å². The molecule has 4 nitrogen and oxygen atoms in total. The molecule has 0 N–H and O–H groups in total. The maximum absolute atomic E-state index is 11.9. The standard InChI is InChI=1S/C10H15ClN2O2/c1-3-13(6-4-5-11)10(14)9-8(2)12-7-15-9/h7H,3-6H2,1-2H3. The lowest BCUT2D eigenvalue weighted by Gasteiger charge is -2.18. The first-order valence-electron chi connectivity index (χ1n) is 4.96. The second-order valence-corrected chi connectivity index (χ2v) is 3.57. The van der Waals surface area contributed by atoms with Gasteiger partial charge in [0.2, 0.25) is 5.76 Å². The molecule has 84 valence electrons. The summed E-state index contributed by atoms with van der Waals surface area (Å²) >= 11 is 5.59. The Bertz CT molecular complexity index is 325. The molecule has 1 aromatic heterocycles. The first-order valence-corrected chi connectivity index (χ1v) is 5.49. The molecule has 0 aliphatic heterocycles. The van der Waals surface area contributed by atoms with Crippen LogP contribution in [0.25, 0.3) is 0 Å². The van der Waals surface area contributed by atoms with Crippen molar-refractivity contribution in [3.63, 3.8) is 0 Å². The van der Waals surface area contributed by atoms with Crippen LogP contribution in [0, 0.1) is 6.92 Å². The Balaban J connectivity index is 2.69. The number of aromatic nitrogens is 1. The van der Waals surface area contributed by atoms with Crippen molar-refractivity contribution in [1.82, 2.24) is 9.88 Å². The monoisotopic (exact) mass is 230 g/mol. The van der Waals surface area contributed by atoms with Gasteiger partial charge in [-0.05, 0) is 20.3 Å². The van der Waals surface area contributed by atoms with Gasteiger partial charge in [-0.3, -0.25) is 4.79 Å². The third kappa shape index (κ3) is 2.96. The van der Waals surface area contributed by atoms with E-state index in [1.54, 1.807) is 11.8 Å². The van der Waals surface area contributed by atoms with Crippen molar-refractivity contribution >= 4 is 17.5 Å². The highest BCUT2D eigenvalue weighted by molar-refractivity contribution is 6.17. The number of carbonyl (C=O) groups excluding carboxylic acids is 1. The van der Waals surface area contributed by atoms with Crippen LogP contribution in [0.2, 0.25) is 0 Å². The Morgan fingerprint density at radius 2 is 2.40 bits per heavy atom. The second-order valence-electron chi connectivity index (χ2n) is 3.19. The average Bonchev–Trinajstić information content (AvgIpc) is 2.65. The first-order chi connectivity index (χ1) is 7.20. The molecule has 0 bridgehead atoms. The van der Waals surface area contributed by atoms with E-state index in [0.717, 1.165) is 6.42 Å².